The Bertz CT molecular complexity index is 528. The predicted molar refractivity (Wildman–Crippen MR) is 83.8 cm³/mol. The molecular weight excluding hydrogens is 344 g/mol. The van der Waals surface area contributed by atoms with E-state index in [0.29, 0.717) is 13.0 Å². The Kier molecular flexibility index (Phi) is 6.94. The number of hydrogen-bond acceptors (Lipinski definition) is 4. The standard InChI is InChI=1S/C13H21BrN2O3S/c1-2-3-10(6-7-17)9-16-20(18,19)13-5-4-11(14)8-12(13)15/h4-5,8,10,16-17H,2-3,6-7,9,15H2,1H3. The summed E-state index contributed by atoms with van der Waals surface area (Å²) >= 11 is 3.24. The summed E-state index contributed by atoms with van der Waals surface area (Å²) in [7, 11) is -3.62. The van der Waals surface area contributed by atoms with Crippen LogP contribution in [0.15, 0.2) is 27.6 Å². The molecule has 0 bridgehead atoms. The Morgan fingerprint density at radius 1 is 1.40 bits per heavy atom. The van der Waals surface area contributed by atoms with Crippen LogP contribution in [0.5, 0.6) is 0 Å². The van der Waals surface area contributed by atoms with Crippen molar-refractivity contribution in [2.45, 2.75) is 31.1 Å². The van der Waals surface area contributed by atoms with Crippen molar-refractivity contribution in [3.05, 3.63) is 22.7 Å². The smallest absolute Gasteiger partial charge is 0.242 e. The van der Waals surface area contributed by atoms with Crippen LogP contribution in [0.25, 0.3) is 0 Å². The maximum absolute atomic E-state index is 12.2. The Balaban J connectivity index is 2.78. The fourth-order valence-electron chi connectivity index (χ4n) is 2.01. The van der Waals surface area contributed by atoms with Gasteiger partial charge in [-0.2, -0.15) is 0 Å². The number of sulfonamides is 1. The summed E-state index contributed by atoms with van der Waals surface area (Å²) in [6.07, 6.45) is 2.41. The molecule has 0 radical (unpaired) electrons. The summed E-state index contributed by atoms with van der Waals surface area (Å²) in [6.45, 7) is 2.41. The molecule has 5 nitrogen and oxygen atoms in total. The van der Waals surface area contributed by atoms with Crippen molar-refractivity contribution >= 4 is 31.6 Å². The Morgan fingerprint density at radius 2 is 2.10 bits per heavy atom. The normalized spacial score (nSPS) is 13.3. The number of benzene rings is 1. The van der Waals surface area contributed by atoms with Crippen LogP contribution in [-0.2, 0) is 10.0 Å². The molecule has 0 amide bonds. The molecule has 0 saturated heterocycles. The van der Waals surface area contributed by atoms with Crippen LogP contribution in [0.3, 0.4) is 0 Å². The van der Waals surface area contributed by atoms with Gasteiger partial charge in [0, 0.05) is 17.6 Å². The fraction of sp³-hybridized carbons (Fsp3) is 0.538. The Morgan fingerprint density at radius 3 is 2.65 bits per heavy atom. The maximum atomic E-state index is 12.2. The van der Waals surface area contributed by atoms with Crippen LogP contribution >= 0.6 is 15.9 Å². The Labute approximate surface area is 128 Å². The quantitative estimate of drug-likeness (QED) is 0.615. The van der Waals surface area contributed by atoms with E-state index in [0.717, 1.165) is 17.3 Å². The van der Waals surface area contributed by atoms with Crippen LogP contribution in [0.1, 0.15) is 26.2 Å². The third kappa shape index (κ3) is 5.05. The van der Waals surface area contributed by atoms with Crippen molar-refractivity contribution in [3.8, 4) is 0 Å². The zero-order valence-electron chi connectivity index (χ0n) is 11.5. The van der Waals surface area contributed by atoms with Gasteiger partial charge in [0.05, 0.1) is 5.69 Å². The molecule has 4 N–H and O–H groups in total. The molecule has 0 saturated carbocycles. The molecule has 1 rings (SSSR count). The number of nitrogens with one attached hydrogen (secondary N) is 1. The summed E-state index contributed by atoms with van der Waals surface area (Å²) < 4.78 is 27.7. The van der Waals surface area contributed by atoms with Gasteiger partial charge in [-0.25, -0.2) is 13.1 Å². The maximum Gasteiger partial charge on any atom is 0.242 e. The van der Waals surface area contributed by atoms with E-state index in [1.165, 1.54) is 6.07 Å². The monoisotopic (exact) mass is 364 g/mol. The van der Waals surface area contributed by atoms with Gasteiger partial charge in [0.25, 0.3) is 0 Å². The second-order valence-corrected chi connectivity index (χ2v) is 7.35. The minimum atomic E-state index is -3.62. The highest BCUT2D eigenvalue weighted by Crippen LogP contribution is 2.23. The molecule has 20 heavy (non-hydrogen) atoms. The lowest BCUT2D eigenvalue weighted by Gasteiger charge is -2.16. The van der Waals surface area contributed by atoms with Crippen molar-refractivity contribution in [2.75, 3.05) is 18.9 Å². The first-order valence-corrected chi connectivity index (χ1v) is 8.84. The third-order valence-electron chi connectivity index (χ3n) is 3.06. The van der Waals surface area contributed by atoms with E-state index in [2.05, 4.69) is 20.7 Å². The van der Waals surface area contributed by atoms with E-state index in [1.807, 2.05) is 6.92 Å². The molecular formula is C13H21BrN2O3S. The van der Waals surface area contributed by atoms with Gasteiger partial charge in [-0.3, -0.25) is 0 Å². The highest BCUT2D eigenvalue weighted by atomic mass is 79.9. The van der Waals surface area contributed by atoms with Gasteiger partial charge in [0.1, 0.15) is 4.90 Å². The number of aliphatic hydroxyl groups is 1. The summed E-state index contributed by atoms with van der Waals surface area (Å²) in [5.74, 6) is 0.136. The first-order chi connectivity index (χ1) is 9.40. The predicted octanol–water partition coefficient (Wildman–Crippen LogP) is 2.11. The highest BCUT2D eigenvalue weighted by molar-refractivity contribution is 9.10. The topological polar surface area (TPSA) is 92.4 Å². The van der Waals surface area contributed by atoms with Crippen molar-refractivity contribution in [3.63, 3.8) is 0 Å². The molecule has 7 heteroatoms. The number of hydrogen-bond donors (Lipinski definition) is 3. The average Bonchev–Trinajstić information content (AvgIpc) is 2.36. The van der Waals surface area contributed by atoms with Gasteiger partial charge in [-0.15, -0.1) is 0 Å². The molecule has 1 unspecified atom stereocenters. The summed E-state index contributed by atoms with van der Waals surface area (Å²) in [4.78, 5) is 0.0833. The molecule has 0 aliphatic carbocycles. The lowest BCUT2D eigenvalue weighted by Crippen LogP contribution is -2.30. The molecule has 1 aromatic rings. The second-order valence-electron chi connectivity index (χ2n) is 4.70. The SMILES string of the molecule is CCCC(CCO)CNS(=O)(=O)c1ccc(Br)cc1N. The molecule has 0 heterocycles. The average molecular weight is 365 g/mol. The van der Waals surface area contributed by atoms with Gasteiger partial charge < -0.3 is 10.8 Å². The van der Waals surface area contributed by atoms with E-state index >= 15 is 0 Å². The molecule has 0 fully saturated rings. The Hall–Kier alpha value is -0.630. The molecule has 1 aromatic carbocycles. The van der Waals surface area contributed by atoms with Gasteiger partial charge in [-0.1, -0.05) is 29.3 Å². The van der Waals surface area contributed by atoms with Crippen molar-refractivity contribution in [2.24, 2.45) is 5.92 Å². The number of anilines is 1. The molecule has 0 aromatic heterocycles. The van der Waals surface area contributed by atoms with E-state index in [-0.39, 0.29) is 23.1 Å². The van der Waals surface area contributed by atoms with Crippen LogP contribution in [0.2, 0.25) is 0 Å². The van der Waals surface area contributed by atoms with Gasteiger partial charge in [0.15, 0.2) is 0 Å². The number of halogens is 1. The lowest BCUT2D eigenvalue weighted by molar-refractivity contribution is 0.251. The molecule has 114 valence electrons. The first kappa shape index (κ1) is 17.4. The summed E-state index contributed by atoms with van der Waals surface area (Å²) in [5.41, 5.74) is 5.95. The lowest BCUT2D eigenvalue weighted by atomic mass is 10.0. The van der Waals surface area contributed by atoms with E-state index < -0.39 is 10.0 Å². The van der Waals surface area contributed by atoms with Gasteiger partial charge >= 0.3 is 0 Å². The first-order valence-electron chi connectivity index (χ1n) is 6.56. The van der Waals surface area contributed by atoms with Gasteiger partial charge in [0.2, 0.25) is 10.0 Å². The minimum Gasteiger partial charge on any atom is -0.398 e. The highest BCUT2D eigenvalue weighted by Gasteiger charge is 2.19. The van der Waals surface area contributed by atoms with E-state index in [4.69, 9.17) is 10.8 Å². The number of aliphatic hydroxyl groups excluding tert-OH is 1. The van der Waals surface area contributed by atoms with Crippen molar-refractivity contribution < 1.29 is 13.5 Å². The van der Waals surface area contributed by atoms with Gasteiger partial charge in [-0.05, 0) is 37.0 Å². The number of nitrogens with two attached hydrogens (primary N) is 1. The molecule has 1 atom stereocenters. The molecule has 0 spiro atoms. The van der Waals surface area contributed by atoms with Crippen LogP contribution in [-0.4, -0.2) is 26.7 Å². The summed E-state index contributed by atoms with van der Waals surface area (Å²) in [6, 6.07) is 4.68. The van der Waals surface area contributed by atoms with Crippen molar-refractivity contribution in [1.82, 2.24) is 4.72 Å². The largest absolute Gasteiger partial charge is 0.398 e. The minimum absolute atomic E-state index is 0.0623. The summed E-state index contributed by atoms with van der Waals surface area (Å²) in [5, 5.41) is 8.98. The van der Waals surface area contributed by atoms with Crippen LogP contribution in [0.4, 0.5) is 5.69 Å². The fourth-order valence-corrected chi connectivity index (χ4v) is 3.61. The number of rotatable bonds is 8. The zero-order chi connectivity index (χ0) is 15.2. The number of nitrogen functional groups attached to an aromatic ring is 1. The van der Waals surface area contributed by atoms with E-state index in [1.54, 1.807) is 12.1 Å². The molecule has 0 aliphatic heterocycles. The van der Waals surface area contributed by atoms with E-state index in [9.17, 15) is 8.42 Å². The zero-order valence-corrected chi connectivity index (χ0v) is 13.9. The van der Waals surface area contributed by atoms with Crippen LogP contribution < -0.4 is 10.5 Å². The third-order valence-corrected chi connectivity index (χ3v) is 5.05. The van der Waals surface area contributed by atoms with Crippen molar-refractivity contribution in [1.29, 1.82) is 0 Å². The molecule has 0 aliphatic rings. The second kappa shape index (κ2) is 7.97. The van der Waals surface area contributed by atoms with Crippen LogP contribution in [0, 0.1) is 5.92 Å².